The topological polar surface area (TPSA) is 24.8 Å². The first-order valence-electron chi connectivity index (χ1n) is 2.75. The van der Waals surface area contributed by atoms with Crippen LogP contribution in [0.2, 0.25) is 0 Å². The standard InChI is InChI=1S/C6H6N2O/c1-2-8-5-9-4-6(8)3-7-1/h1-4H,5H2. The van der Waals surface area contributed by atoms with Crippen LogP contribution in [-0.4, -0.2) is 17.8 Å². The van der Waals surface area contributed by atoms with Crippen molar-refractivity contribution >= 4 is 6.21 Å². The van der Waals surface area contributed by atoms with Crippen LogP contribution >= 0.6 is 0 Å². The van der Waals surface area contributed by atoms with E-state index in [9.17, 15) is 0 Å². The van der Waals surface area contributed by atoms with Gasteiger partial charge in [0.1, 0.15) is 6.26 Å². The minimum absolute atomic E-state index is 0.623. The molecule has 0 saturated carbocycles. The van der Waals surface area contributed by atoms with Crippen LogP contribution in [0.5, 0.6) is 0 Å². The molecule has 0 amide bonds. The number of allylic oxidation sites excluding steroid dienone is 1. The van der Waals surface area contributed by atoms with Gasteiger partial charge in [-0.25, -0.2) is 0 Å². The number of rotatable bonds is 0. The molecule has 2 aliphatic rings. The van der Waals surface area contributed by atoms with Crippen molar-refractivity contribution in [3.8, 4) is 0 Å². The number of nitrogens with zero attached hydrogens (tertiary/aromatic N) is 2. The van der Waals surface area contributed by atoms with Gasteiger partial charge in [-0.05, 0) is 0 Å². The van der Waals surface area contributed by atoms with Crippen LogP contribution < -0.4 is 0 Å². The fourth-order valence-electron chi connectivity index (χ4n) is 0.817. The third-order valence-corrected chi connectivity index (χ3v) is 1.29. The molecule has 0 N–H and O–H groups in total. The van der Waals surface area contributed by atoms with Crippen LogP contribution in [0.25, 0.3) is 0 Å². The number of hydrogen-bond acceptors (Lipinski definition) is 3. The molecule has 2 aliphatic heterocycles. The molecule has 46 valence electrons. The summed E-state index contributed by atoms with van der Waals surface area (Å²) in [5.74, 6) is 0. The molecule has 2 heterocycles. The second kappa shape index (κ2) is 1.62. The molecule has 3 heteroatoms. The lowest BCUT2D eigenvalue weighted by molar-refractivity contribution is 0.202. The Morgan fingerprint density at radius 1 is 1.67 bits per heavy atom. The maximum Gasteiger partial charge on any atom is 0.164 e. The van der Waals surface area contributed by atoms with Gasteiger partial charge in [0, 0.05) is 12.4 Å². The molecule has 2 rings (SSSR count). The first kappa shape index (κ1) is 4.61. The second-order valence-electron chi connectivity index (χ2n) is 1.88. The summed E-state index contributed by atoms with van der Waals surface area (Å²) in [6.07, 6.45) is 7.10. The molecule has 0 atom stereocenters. The summed E-state index contributed by atoms with van der Waals surface area (Å²) in [5.41, 5.74) is 1.03. The Hall–Kier alpha value is -1.25. The van der Waals surface area contributed by atoms with Gasteiger partial charge >= 0.3 is 0 Å². The summed E-state index contributed by atoms with van der Waals surface area (Å²) in [6.45, 7) is 0.623. The third kappa shape index (κ3) is 0.614. The molecule has 0 saturated heterocycles. The highest BCUT2D eigenvalue weighted by atomic mass is 16.5. The van der Waals surface area contributed by atoms with Gasteiger partial charge in [-0.15, -0.1) is 0 Å². The molecular weight excluding hydrogens is 116 g/mol. The van der Waals surface area contributed by atoms with E-state index in [1.165, 1.54) is 0 Å². The normalized spacial score (nSPS) is 21.3. The van der Waals surface area contributed by atoms with Gasteiger partial charge in [-0.3, -0.25) is 4.99 Å². The van der Waals surface area contributed by atoms with Crippen LogP contribution in [0.3, 0.4) is 0 Å². The molecule has 9 heavy (non-hydrogen) atoms. The molecule has 0 bridgehead atoms. The van der Waals surface area contributed by atoms with Crippen molar-refractivity contribution < 1.29 is 4.74 Å². The van der Waals surface area contributed by atoms with Gasteiger partial charge in [0.15, 0.2) is 6.73 Å². The lowest BCUT2D eigenvalue weighted by Crippen LogP contribution is -2.14. The van der Waals surface area contributed by atoms with Crippen molar-refractivity contribution in [2.24, 2.45) is 4.99 Å². The maximum atomic E-state index is 5.01. The first-order valence-corrected chi connectivity index (χ1v) is 2.75. The largest absolute Gasteiger partial charge is 0.478 e. The van der Waals surface area contributed by atoms with E-state index in [4.69, 9.17) is 4.74 Å². The monoisotopic (exact) mass is 122 g/mol. The van der Waals surface area contributed by atoms with Crippen molar-refractivity contribution in [1.29, 1.82) is 0 Å². The van der Waals surface area contributed by atoms with E-state index >= 15 is 0 Å². The highest BCUT2D eigenvalue weighted by molar-refractivity contribution is 5.79. The van der Waals surface area contributed by atoms with Crippen molar-refractivity contribution in [3.05, 3.63) is 24.4 Å². The number of hydrogen-bond donors (Lipinski definition) is 0. The Bertz CT molecular complexity index is 202. The van der Waals surface area contributed by atoms with Crippen LogP contribution in [-0.2, 0) is 4.74 Å². The smallest absolute Gasteiger partial charge is 0.164 e. The van der Waals surface area contributed by atoms with Crippen molar-refractivity contribution in [3.63, 3.8) is 0 Å². The van der Waals surface area contributed by atoms with Gasteiger partial charge in [-0.1, -0.05) is 0 Å². The quantitative estimate of drug-likeness (QED) is 0.471. The average Bonchev–Trinajstić information content (AvgIpc) is 2.33. The summed E-state index contributed by atoms with van der Waals surface area (Å²) in [7, 11) is 0. The second-order valence-corrected chi connectivity index (χ2v) is 1.88. The number of ether oxygens (including phenoxy) is 1. The van der Waals surface area contributed by atoms with Crippen molar-refractivity contribution in [2.45, 2.75) is 0 Å². The minimum Gasteiger partial charge on any atom is -0.478 e. The molecule has 0 aromatic heterocycles. The van der Waals surface area contributed by atoms with Crippen LogP contribution in [0.1, 0.15) is 0 Å². The summed E-state index contributed by atoms with van der Waals surface area (Å²) in [4.78, 5) is 5.90. The predicted molar refractivity (Wildman–Crippen MR) is 33.5 cm³/mol. The Kier molecular flexibility index (Phi) is 0.828. The molecular formula is C6H6N2O. The summed E-state index contributed by atoms with van der Waals surface area (Å²) in [6, 6.07) is 0. The van der Waals surface area contributed by atoms with Crippen LogP contribution in [0, 0.1) is 0 Å². The van der Waals surface area contributed by atoms with Crippen LogP contribution in [0.15, 0.2) is 29.4 Å². The number of fused-ring (bicyclic) bond motifs is 1. The zero-order chi connectivity index (χ0) is 6.10. The van der Waals surface area contributed by atoms with Crippen LogP contribution in [0.4, 0.5) is 0 Å². The summed E-state index contributed by atoms with van der Waals surface area (Å²) in [5, 5.41) is 0. The molecule has 3 nitrogen and oxygen atoms in total. The molecule has 0 aromatic carbocycles. The zero-order valence-corrected chi connectivity index (χ0v) is 4.82. The lowest BCUT2D eigenvalue weighted by atomic mass is 10.4. The SMILES string of the molecule is C1=CN2COC=C2C=N1. The fourth-order valence-corrected chi connectivity index (χ4v) is 0.817. The molecule has 0 spiro atoms. The van der Waals surface area contributed by atoms with E-state index in [0.29, 0.717) is 6.73 Å². The summed E-state index contributed by atoms with van der Waals surface area (Å²) >= 11 is 0. The minimum atomic E-state index is 0.623. The van der Waals surface area contributed by atoms with E-state index in [0.717, 1.165) is 5.70 Å². The van der Waals surface area contributed by atoms with Gasteiger partial charge < -0.3 is 9.64 Å². The van der Waals surface area contributed by atoms with Gasteiger partial charge in [0.2, 0.25) is 0 Å². The lowest BCUT2D eigenvalue weighted by Gasteiger charge is -2.12. The number of aliphatic imine (C=N–C) groups is 1. The zero-order valence-electron chi connectivity index (χ0n) is 4.82. The van der Waals surface area contributed by atoms with Gasteiger partial charge in [0.05, 0.1) is 11.9 Å². The van der Waals surface area contributed by atoms with E-state index in [1.54, 1.807) is 18.7 Å². The molecule has 0 fully saturated rings. The van der Waals surface area contributed by atoms with Crippen molar-refractivity contribution in [2.75, 3.05) is 6.73 Å². The van der Waals surface area contributed by atoms with E-state index in [1.807, 2.05) is 11.1 Å². The summed E-state index contributed by atoms with van der Waals surface area (Å²) < 4.78 is 5.01. The van der Waals surface area contributed by atoms with Gasteiger partial charge in [-0.2, -0.15) is 0 Å². The molecule has 0 unspecified atom stereocenters. The fraction of sp³-hybridized carbons (Fsp3) is 0.167. The highest BCUT2D eigenvalue weighted by Gasteiger charge is 2.12. The third-order valence-electron chi connectivity index (χ3n) is 1.29. The van der Waals surface area contributed by atoms with Gasteiger partial charge in [0.25, 0.3) is 0 Å². The molecule has 0 aliphatic carbocycles. The van der Waals surface area contributed by atoms with E-state index in [-0.39, 0.29) is 0 Å². The highest BCUT2D eigenvalue weighted by Crippen LogP contribution is 2.13. The van der Waals surface area contributed by atoms with E-state index < -0.39 is 0 Å². The predicted octanol–water partition coefficient (Wildman–Crippen LogP) is 0.673. The first-order chi connectivity index (χ1) is 4.47. The molecule has 0 radical (unpaired) electrons. The Morgan fingerprint density at radius 3 is 3.56 bits per heavy atom. The average molecular weight is 122 g/mol. The Balaban J connectivity index is 2.33. The molecule has 0 aromatic rings. The van der Waals surface area contributed by atoms with Crippen molar-refractivity contribution in [1.82, 2.24) is 4.90 Å². The Morgan fingerprint density at radius 2 is 2.67 bits per heavy atom. The Labute approximate surface area is 52.9 Å². The van der Waals surface area contributed by atoms with E-state index in [2.05, 4.69) is 4.99 Å². The maximum absolute atomic E-state index is 5.01.